The number of likely N-dealkylation sites (tertiary alicyclic amines) is 1. The molecule has 1 aromatic rings. The summed E-state index contributed by atoms with van der Waals surface area (Å²) in [6.07, 6.45) is 4.97. The maximum absolute atomic E-state index is 12.7. The predicted molar refractivity (Wildman–Crippen MR) is 76.3 cm³/mol. The van der Waals surface area contributed by atoms with Gasteiger partial charge >= 0.3 is 0 Å². The minimum atomic E-state index is -0.296. The van der Waals surface area contributed by atoms with E-state index >= 15 is 0 Å². The molecular formula is C14H22ClN3O. The quantitative estimate of drug-likeness (QED) is 0.836. The van der Waals surface area contributed by atoms with E-state index in [2.05, 4.69) is 18.9 Å². The maximum atomic E-state index is 12.7. The van der Waals surface area contributed by atoms with Gasteiger partial charge < -0.3 is 4.90 Å². The molecule has 0 bridgehead atoms. The summed E-state index contributed by atoms with van der Waals surface area (Å²) in [6, 6.07) is 0.325. The number of piperidine rings is 1. The Kier molecular flexibility index (Phi) is 4.19. The third-order valence-corrected chi connectivity index (χ3v) is 4.53. The molecule has 4 nitrogen and oxygen atoms in total. The molecule has 1 saturated heterocycles. The monoisotopic (exact) mass is 283 g/mol. The minimum Gasteiger partial charge on any atom is -0.335 e. The number of carbonyl (C=O) groups is 1. The number of hydrogen-bond acceptors (Lipinski definition) is 2. The summed E-state index contributed by atoms with van der Waals surface area (Å²) in [5.41, 5.74) is 0.847. The summed E-state index contributed by atoms with van der Waals surface area (Å²) in [5, 5.41) is 4.83. The minimum absolute atomic E-state index is 0.141. The Morgan fingerprint density at radius 1 is 1.42 bits per heavy atom. The Labute approximate surface area is 119 Å². The molecule has 0 radical (unpaired) electrons. The topological polar surface area (TPSA) is 38.1 Å². The molecule has 19 heavy (non-hydrogen) atoms. The fraction of sp³-hybridized carbons (Fsp3) is 0.714. The van der Waals surface area contributed by atoms with Crippen LogP contribution in [0.25, 0.3) is 0 Å². The van der Waals surface area contributed by atoms with Crippen molar-refractivity contribution in [3.8, 4) is 0 Å². The van der Waals surface area contributed by atoms with E-state index in [0.717, 1.165) is 18.5 Å². The first-order valence-electron chi connectivity index (χ1n) is 6.95. The zero-order valence-electron chi connectivity index (χ0n) is 12.1. The van der Waals surface area contributed by atoms with Crippen LogP contribution in [0, 0.1) is 6.92 Å². The van der Waals surface area contributed by atoms with Gasteiger partial charge in [0.2, 0.25) is 5.91 Å². The van der Waals surface area contributed by atoms with Crippen LogP contribution >= 0.6 is 11.6 Å². The molecule has 0 aromatic carbocycles. The van der Waals surface area contributed by atoms with E-state index in [9.17, 15) is 4.79 Å². The SMILES string of the molecule is Cc1c(Cl)cnn1[C@H](C)C(=O)N1[C@H](C)CCC[C@H]1C. The lowest BCUT2D eigenvalue weighted by molar-refractivity contribution is -0.140. The smallest absolute Gasteiger partial charge is 0.247 e. The molecule has 1 aliphatic heterocycles. The molecule has 106 valence electrons. The summed E-state index contributed by atoms with van der Waals surface area (Å²) in [7, 11) is 0. The van der Waals surface area contributed by atoms with Gasteiger partial charge in [-0.15, -0.1) is 0 Å². The zero-order chi connectivity index (χ0) is 14.2. The molecule has 5 heteroatoms. The van der Waals surface area contributed by atoms with E-state index in [0.29, 0.717) is 17.1 Å². The van der Waals surface area contributed by atoms with E-state index in [1.165, 1.54) is 6.42 Å². The van der Waals surface area contributed by atoms with E-state index in [4.69, 9.17) is 11.6 Å². The number of hydrogen-bond donors (Lipinski definition) is 0. The van der Waals surface area contributed by atoms with Gasteiger partial charge in [-0.25, -0.2) is 0 Å². The van der Waals surface area contributed by atoms with Crippen LogP contribution in [0.1, 0.15) is 51.8 Å². The zero-order valence-corrected chi connectivity index (χ0v) is 12.8. The highest BCUT2D eigenvalue weighted by Crippen LogP contribution is 2.26. The number of nitrogens with zero attached hydrogens (tertiary/aromatic N) is 3. The van der Waals surface area contributed by atoms with Gasteiger partial charge in [-0.1, -0.05) is 11.6 Å². The molecule has 1 aromatic heterocycles. The fourth-order valence-electron chi connectivity index (χ4n) is 2.97. The van der Waals surface area contributed by atoms with Crippen molar-refractivity contribution >= 4 is 17.5 Å². The van der Waals surface area contributed by atoms with Gasteiger partial charge in [0.05, 0.1) is 16.9 Å². The molecule has 0 saturated carbocycles. The van der Waals surface area contributed by atoms with Crippen LogP contribution in [-0.4, -0.2) is 32.7 Å². The average Bonchev–Trinajstić information content (AvgIpc) is 2.69. The summed E-state index contributed by atoms with van der Waals surface area (Å²) < 4.78 is 1.72. The lowest BCUT2D eigenvalue weighted by atomic mass is 9.96. The van der Waals surface area contributed by atoms with Gasteiger partial charge in [-0.2, -0.15) is 5.10 Å². The standard InChI is InChI=1S/C14H22ClN3O/c1-9-6-5-7-10(2)17(9)14(19)12(4)18-11(3)13(15)8-16-18/h8-10,12H,5-7H2,1-4H3/t9-,10-,12-/m1/s1. The van der Waals surface area contributed by atoms with Gasteiger partial charge in [0.25, 0.3) is 0 Å². The Balaban J connectivity index is 2.21. The molecular weight excluding hydrogens is 262 g/mol. The van der Waals surface area contributed by atoms with Crippen LogP contribution in [0.2, 0.25) is 5.02 Å². The largest absolute Gasteiger partial charge is 0.335 e. The van der Waals surface area contributed by atoms with Crippen molar-refractivity contribution in [1.82, 2.24) is 14.7 Å². The van der Waals surface area contributed by atoms with E-state index in [1.807, 2.05) is 18.7 Å². The normalized spacial score (nSPS) is 25.4. The number of halogens is 1. The third kappa shape index (κ3) is 2.64. The number of aromatic nitrogens is 2. The summed E-state index contributed by atoms with van der Waals surface area (Å²) in [5.74, 6) is 0.141. The van der Waals surface area contributed by atoms with Crippen LogP contribution in [0.3, 0.4) is 0 Å². The lowest BCUT2D eigenvalue weighted by Gasteiger charge is -2.40. The number of rotatable bonds is 2. The summed E-state index contributed by atoms with van der Waals surface area (Å²) in [4.78, 5) is 14.7. The Morgan fingerprint density at radius 3 is 2.47 bits per heavy atom. The molecule has 1 amide bonds. The van der Waals surface area contributed by atoms with Gasteiger partial charge in [0.1, 0.15) is 6.04 Å². The molecule has 0 spiro atoms. The van der Waals surface area contributed by atoms with Crippen LogP contribution in [0.5, 0.6) is 0 Å². The van der Waals surface area contributed by atoms with Crippen LogP contribution < -0.4 is 0 Å². The van der Waals surface area contributed by atoms with E-state index < -0.39 is 0 Å². The first-order valence-corrected chi connectivity index (χ1v) is 7.33. The summed E-state index contributed by atoms with van der Waals surface area (Å²) >= 11 is 6.01. The van der Waals surface area contributed by atoms with Crippen molar-refractivity contribution < 1.29 is 4.79 Å². The van der Waals surface area contributed by atoms with Crippen molar-refractivity contribution in [1.29, 1.82) is 0 Å². The highest BCUT2D eigenvalue weighted by atomic mass is 35.5. The van der Waals surface area contributed by atoms with Crippen molar-refractivity contribution in [3.63, 3.8) is 0 Å². The predicted octanol–water partition coefficient (Wildman–Crippen LogP) is 3.20. The van der Waals surface area contributed by atoms with Crippen LogP contribution in [0.4, 0.5) is 0 Å². The van der Waals surface area contributed by atoms with Gasteiger partial charge in [0, 0.05) is 12.1 Å². The second-order valence-electron chi connectivity index (χ2n) is 5.57. The summed E-state index contributed by atoms with van der Waals surface area (Å²) in [6.45, 7) is 8.04. The highest BCUT2D eigenvalue weighted by molar-refractivity contribution is 6.31. The number of carbonyl (C=O) groups excluding carboxylic acids is 1. The van der Waals surface area contributed by atoms with Crippen molar-refractivity contribution in [2.75, 3.05) is 0 Å². The molecule has 1 fully saturated rings. The maximum Gasteiger partial charge on any atom is 0.247 e. The Morgan fingerprint density at radius 2 is 2.00 bits per heavy atom. The van der Waals surface area contributed by atoms with Crippen LogP contribution in [-0.2, 0) is 4.79 Å². The first-order chi connectivity index (χ1) is 8.93. The van der Waals surface area contributed by atoms with Gasteiger partial charge in [-0.05, 0) is 47.0 Å². The van der Waals surface area contributed by atoms with Crippen molar-refractivity contribution in [2.24, 2.45) is 0 Å². The van der Waals surface area contributed by atoms with Crippen LogP contribution in [0.15, 0.2) is 6.20 Å². The van der Waals surface area contributed by atoms with Gasteiger partial charge in [-0.3, -0.25) is 9.48 Å². The lowest BCUT2D eigenvalue weighted by Crippen LogP contribution is -2.50. The fourth-order valence-corrected chi connectivity index (χ4v) is 3.10. The molecule has 0 N–H and O–H groups in total. The van der Waals surface area contributed by atoms with E-state index in [-0.39, 0.29) is 11.9 Å². The molecule has 0 unspecified atom stereocenters. The second-order valence-corrected chi connectivity index (χ2v) is 5.98. The van der Waals surface area contributed by atoms with Gasteiger partial charge in [0.15, 0.2) is 0 Å². The molecule has 2 heterocycles. The van der Waals surface area contributed by atoms with Crippen molar-refractivity contribution in [3.05, 3.63) is 16.9 Å². The molecule has 0 aliphatic carbocycles. The molecule has 1 aliphatic rings. The third-order valence-electron chi connectivity index (χ3n) is 4.16. The first kappa shape index (κ1) is 14.4. The average molecular weight is 284 g/mol. The number of amides is 1. The Bertz CT molecular complexity index is 461. The second kappa shape index (κ2) is 5.53. The van der Waals surface area contributed by atoms with E-state index in [1.54, 1.807) is 10.9 Å². The van der Waals surface area contributed by atoms with Crippen molar-refractivity contribution in [2.45, 2.75) is 65.1 Å². The molecule has 3 atom stereocenters. The highest BCUT2D eigenvalue weighted by Gasteiger charge is 2.33. The Hall–Kier alpha value is -1.03. The molecule has 2 rings (SSSR count).